The van der Waals surface area contributed by atoms with Crippen molar-refractivity contribution in [1.82, 2.24) is 0 Å². The van der Waals surface area contributed by atoms with Crippen LogP contribution in [0.25, 0.3) is 0 Å². The fourth-order valence-corrected chi connectivity index (χ4v) is 1.11. The van der Waals surface area contributed by atoms with Crippen LogP contribution in [0.1, 0.15) is 48.5 Å². The second-order valence-corrected chi connectivity index (χ2v) is 4.23. The first kappa shape index (κ1) is 17.4. The first-order chi connectivity index (χ1) is 6.47. The zero-order valence-corrected chi connectivity index (χ0v) is 9.13. The van der Waals surface area contributed by atoms with Gasteiger partial charge in [0, 0.05) is 6.42 Å². The average Bonchev–Trinajstić information content (AvgIpc) is 2.52. The van der Waals surface area contributed by atoms with E-state index in [9.17, 15) is 4.79 Å². The smallest absolute Gasteiger partial charge is 0.312 e. The summed E-state index contributed by atoms with van der Waals surface area (Å²) in [5.41, 5.74) is -0.414. The summed E-state index contributed by atoms with van der Waals surface area (Å²) in [4.78, 5) is 11.7. The van der Waals surface area contributed by atoms with Gasteiger partial charge in [0.1, 0.15) is 5.76 Å². The maximum absolute atomic E-state index is 11.7. The molecule has 1 atom stereocenters. The van der Waals surface area contributed by atoms with Crippen LogP contribution in [-0.2, 0) is 14.3 Å². The lowest BCUT2D eigenvalue weighted by Gasteiger charge is -2.22. The summed E-state index contributed by atoms with van der Waals surface area (Å²) in [6.07, 6.45) is 1.25. The van der Waals surface area contributed by atoms with E-state index in [4.69, 9.17) is 9.47 Å². The predicted octanol–water partition coefficient (Wildman–Crippen LogP) is 3.54. The van der Waals surface area contributed by atoms with Crippen LogP contribution in [0.4, 0.5) is 0 Å². The minimum atomic E-state index is -0.414. The molecule has 0 bridgehead atoms. The highest BCUT2D eigenvalue weighted by Crippen LogP contribution is 2.26. The molecule has 1 heterocycles. The Labute approximate surface area is 99.8 Å². The fraction of sp³-hybridized carbons (Fsp3) is 0.769. The molecule has 0 aromatic carbocycles. The van der Waals surface area contributed by atoms with E-state index in [0.29, 0.717) is 12.4 Å². The molecule has 1 fully saturated rings. The van der Waals surface area contributed by atoms with Crippen LogP contribution in [0.3, 0.4) is 0 Å². The zero-order chi connectivity index (χ0) is 10.8. The molecule has 0 aromatic heterocycles. The van der Waals surface area contributed by atoms with Crippen LogP contribution in [0.15, 0.2) is 12.3 Å². The molecule has 1 aliphatic heterocycles. The Morgan fingerprint density at radius 2 is 2.12 bits per heavy atom. The van der Waals surface area contributed by atoms with Gasteiger partial charge in [-0.15, -0.1) is 0 Å². The molecule has 0 spiro atoms. The third-order valence-electron chi connectivity index (χ3n) is 2.71. The summed E-state index contributed by atoms with van der Waals surface area (Å²) in [6, 6.07) is 0. The molecule has 0 N–H and O–H groups in total. The molecule has 0 saturated carbocycles. The molecule has 96 valence electrons. The third-order valence-corrected chi connectivity index (χ3v) is 2.71. The van der Waals surface area contributed by atoms with E-state index in [-0.39, 0.29) is 26.9 Å². The van der Waals surface area contributed by atoms with Crippen molar-refractivity contribution in [1.29, 1.82) is 0 Å². The highest BCUT2D eigenvalue weighted by atomic mass is 16.6. The second-order valence-electron chi connectivity index (χ2n) is 4.23. The standard InChI is InChI=1S/C11H18O3.2CH4/c1-5-11(3,4)10(12)14-9-6-7-13-8(9)2;;/h9H,2,5-7H2,1,3-4H3;2*1H4. The molecule has 1 saturated heterocycles. The monoisotopic (exact) mass is 230 g/mol. The summed E-state index contributed by atoms with van der Waals surface area (Å²) in [6.45, 7) is 10.0. The summed E-state index contributed by atoms with van der Waals surface area (Å²) in [5.74, 6) is 0.405. The number of ether oxygens (including phenoxy) is 2. The SMILES string of the molecule is C.C.C=C1OCCC1OC(=O)C(C)(C)CC. The number of carbonyl (C=O) groups excluding carboxylic acids is 1. The van der Waals surface area contributed by atoms with Gasteiger partial charge >= 0.3 is 5.97 Å². The van der Waals surface area contributed by atoms with Crippen molar-refractivity contribution in [3.05, 3.63) is 12.3 Å². The minimum Gasteiger partial charge on any atom is -0.494 e. The van der Waals surface area contributed by atoms with Crippen molar-refractivity contribution < 1.29 is 14.3 Å². The van der Waals surface area contributed by atoms with E-state index >= 15 is 0 Å². The summed E-state index contributed by atoms with van der Waals surface area (Å²) in [7, 11) is 0. The lowest BCUT2D eigenvalue weighted by Crippen LogP contribution is -2.29. The molecule has 0 radical (unpaired) electrons. The maximum atomic E-state index is 11.7. The molecular weight excluding hydrogens is 204 g/mol. The van der Waals surface area contributed by atoms with Crippen LogP contribution in [0, 0.1) is 5.41 Å². The highest BCUT2D eigenvalue weighted by Gasteiger charge is 2.32. The van der Waals surface area contributed by atoms with Gasteiger partial charge in [0.2, 0.25) is 0 Å². The second kappa shape index (κ2) is 6.56. The zero-order valence-electron chi connectivity index (χ0n) is 9.13. The van der Waals surface area contributed by atoms with Gasteiger partial charge < -0.3 is 9.47 Å². The number of esters is 1. The Hall–Kier alpha value is -0.990. The third kappa shape index (κ3) is 3.87. The largest absolute Gasteiger partial charge is 0.494 e. The molecule has 0 aromatic rings. The van der Waals surface area contributed by atoms with E-state index < -0.39 is 5.41 Å². The number of rotatable bonds is 3. The molecule has 0 amide bonds. The average molecular weight is 230 g/mol. The summed E-state index contributed by atoms with van der Waals surface area (Å²) in [5, 5.41) is 0. The molecule has 0 aliphatic carbocycles. The molecule has 1 unspecified atom stereocenters. The minimum absolute atomic E-state index is 0. The first-order valence-electron chi connectivity index (χ1n) is 5.00. The lowest BCUT2D eigenvalue weighted by atomic mass is 9.90. The molecule has 1 rings (SSSR count). The Bertz CT molecular complexity index is 244. The van der Waals surface area contributed by atoms with Gasteiger partial charge in [-0.05, 0) is 20.3 Å². The van der Waals surface area contributed by atoms with Crippen molar-refractivity contribution in [2.45, 2.75) is 54.6 Å². The number of hydrogen-bond acceptors (Lipinski definition) is 3. The molecule has 16 heavy (non-hydrogen) atoms. The van der Waals surface area contributed by atoms with Crippen LogP contribution in [-0.4, -0.2) is 18.7 Å². The maximum Gasteiger partial charge on any atom is 0.312 e. The van der Waals surface area contributed by atoms with Crippen molar-refractivity contribution in [2.24, 2.45) is 5.41 Å². The van der Waals surface area contributed by atoms with E-state index in [1.165, 1.54) is 0 Å². The van der Waals surface area contributed by atoms with Gasteiger partial charge in [0.15, 0.2) is 6.10 Å². The molecule has 3 nitrogen and oxygen atoms in total. The van der Waals surface area contributed by atoms with E-state index in [0.717, 1.165) is 12.8 Å². The van der Waals surface area contributed by atoms with Crippen molar-refractivity contribution in [3.63, 3.8) is 0 Å². The Kier molecular flexibility index (Phi) is 7.14. The van der Waals surface area contributed by atoms with E-state index in [2.05, 4.69) is 6.58 Å². The normalized spacial score (nSPS) is 19.2. The topological polar surface area (TPSA) is 35.5 Å². The van der Waals surface area contributed by atoms with E-state index in [1.807, 2.05) is 20.8 Å². The fourth-order valence-electron chi connectivity index (χ4n) is 1.11. The summed E-state index contributed by atoms with van der Waals surface area (Å²) >= 11 is 0. The Morgan fingerprint density at radius 1 is 1.56 bits per heavy atom. The number of carbonyl (C=O) groups is 1. The number of hydrogen-bond donors (Lipinski definition) is 0. The van der Waals surface area contributed by atoms with Gasteiger partial charge in [-0.25, -0.2) is 0 Å². The van der Waals surface area contributed by atoms with Gasteiger partial charge in [-0.1, -0.05) is 28.4 Å². The highest BCUT2D eigenvalue weighted by molar-refractivity contribution is 5.76. The summed E-state index contributed by atoms with van der Waals surface area (Å²) < 4.78 is 10.5. The molecular formula is C13H26O3. The van der Waals surface area contributed by atoms with Crippen LogP contribution < -0.4 is 0 Å². The van der Waals surface area contributed by atoms with Crippen LogP contribution >= 0.6 is 0 Å². The Balaban J connectivity index is 0. The van der Waals surface area contributed by atoms with Gasteiger partial charge in [0.05, 0.1) is 12.0 Å². The van der Waals surface area contributed by atoms with Crippen molar-refractivity contribution in [3.8, 4) is 0 Å². The van der Waals surface area contributed by atoms with Crippen molar-refractivity contribution in [2.75, 3.05) is 6.61 Å². The Morgan fingerprint density at radius 3 is 2.50 bits per heavy atom. The van der Waals surface area contributed by atoms with Crippen molar-refractivity contribution >= 4 is 5.97 Å². The van der Waals surface area contributed by atoms with Gasteiger partial charge in [-0.2, -0.15) is 0 Å². The van der Waals surface area contributed by atoms with E-state index in [1.54, 1.807) is 0 Å². The van der Waals surface area contributed by atoms with Crippen LogP contribution in [0.2, 0.25) is 0 Å². The van der Waals surface area contributed by atoms with Gasteiger partial charge in [-0.3, -0.25) is 4.79 Å². The molecule has 3 heteroatoms. The molecule has 1 aliphatic rings. The van der Waals surface area contributed by atoms with Crippen LogP contribution in [0.5, 0.6) is 0 Å². The predicted molar refractivity (Wildman–Crippen MR) is 67.1 cm³/mol. The quantitative estimate of drug-likeness (QED) is 0.696. The van der Waals surface area contributed by atoms with Gasteiger partial charge in [0.25, 0.3) is 0 Å². The first-order valence-corrected chi connectivity index (χ1v) is 5.00. The lowest BCUT2D eigenvalue weighted by molar-refractivity contribution is -0.158.